The van der Waals surface area contributed by atoms with E-state index in [1.54, 1.807) is 4.68 Å². The molecule has 0 N–H and O–H groups in total. The highest BCUT2D eigenvalue weighted by molar-refractivity contribution is 6.61. The number of nitrogens with zero attached hydrogens (tertiary/aromatic N) is 3. The van der Waals surface area contributed by atoms with Gasteiger partial charge in [-0.25, -0.2) is 0 Å². The van der Waals surface area contributed by atoms with Crippen LogP contribution in [-0.2, 0) is 16.4 Å². The van der Waals surface area contributed by atoms with Gasteiger partial charge in [0.2, 0.25) is 0 Å². The van der Waals surface area contributed by atoms with Crippen molar-refractivity contribution in [2.45, 2.75) is 58.7 Å². The van der Waals surface area contributed by atoms with Gasteiger partial charge < -0.3 is 9.31 Å². The normalized spacial score (nSPS) is 21.9. The average molecular weight is 251 g/mol. The third kappa shape index (κ3) is 1.97. The van der Waals surface area contributed by atoms with Gasteiger partial charge in [-0.2, -0.15) is 0 Å². The van der Waals surface area contributed by atoms with Crippen molar-refractivity contribution in [2.24, 2.45) is 7.05 Å². The molecule has 0 saturated carbocycles. The Balaban J connectivity index is 2.38. The molecular formula is C12H22BN3O2. The molecule has 0 unspecified atom stereocenters. The molecule has 0 radical (unpaired) electrons. The van der Waals surface area contributed by atoms with Gasteiger partial charge in [-0.05, 0) is 33.6 Å². The van der Waals surface area contributed by atoms with Crippen LogP contribution in [0.3, 0.4) is 0 Å². The first-order valence-electron chi connectivity index (χ1n) is 6.41. The highest BCUT2D eigenvalue weighted by atomic mass is 16.7. The summed E-state index contributed by atoms with van der Waals surface area (Å²) in [5, 5.41) is 8.29. The summed E-state index contributed by atoms with van der Waals surface area (Å²) < 4.78 is 13.9. The molecule has 6 heteroatoms. The first-order valence-corrected chi connectivity index (χ1v) is 6.41. The van der Waals surface area contributed by atoms with Crippen molar-refractivity contribution in [2.75, 3.05) is 0 Å². The molecule has 2 rings (SSSR count). The Kier molecular flexibility index (Phi) is 3.06. The largest absolute Gasteiger partial charge is 0.516 e. The quantitative estimate of drug-likeness (QED) is 0.742. The van der Waals surface area contributed by atoms with Gasteiger partial charge in [0, 0.05) is 7.05 Å². The highest BCUT2D eigenvalue weighted by Gasteiger charge is 2.53. The SMILES string of the molecule is CC(C)c1nnn(C)c1B1OC(C)(C)C(C)(C)O1. The van der Waals surface area contributed by atoms with Crippen molar-refractivity contribution in [1.29, 1.82) is 0 Å². The fourth-order valence-electron chi connectivity index (χ4n) is 2.02. The summed E-state index contributed by atoms with van der Waals surface area (Å²) in [6, 6.07) is 0. The minimum atomic E-state index is -0.396. The van der Waals surface area contributed by atoms with Crippen molar-refractivity contribution in [3.05, 3.63) is 5.69 Å². The summed E-state index contributed by atoms with van der Waals surface area (Å²) in [6.07, 6.45) is 0. The van der Waals surface area contributed by atoms with E-state index in [9.17, 15) is 0 Å². The van der Waals surface area contributed by atoms with Crippen LogP contribution in [0.15, 0.2) is 0 Å². The van der Waals surface area contributed by atoms with Crippen LogP contribution in [-0.4, -0.2) is 33.3 Å². The molecule has 5 nitrogen and oxygen atoms in total. The second kappa shape index (κ2) is 4.06. The fraction of sp³-hybridized carbons (Fsp3) is 0.833. The first-order chi connectivity index (χ1) is 8.16. The molecule has 1 fully saturated rings. The maximum absolute atomic E-state index is 6.06. The smallest absolute Gasteiger partial charge is 0.398 e. The predicted octanol–water partition coefficient (Wildman–Crippen LogP) is 1.24. The summed E-state index contributed by atoms with van der Waals surface area (Å²) in [5.74, 6) is 0.299. The van der Waals surface area contributed by atoms with E-state index in [1.807, 2.05) is 34.7 Å². The summed E-state index contributed by atoms with van der Waals surface area (Å²) in [5.41, 5.74) is 1.19. The van der Waals surface area contributed by atoms with E-state index < -0.39 is 7.12 Å². The van der Waals surface area contributed by atoms with E-state index in [2.05, 4.69) is 24.2 Å². The van der Waals surface area contributed by atoms with Crippen LogP contribution in [0.1, 0.15) is 53.2 Å². The van der Waals surface area contributed by atoms with Crippen LogP contribution in [0.5, 0.6) is 0 Å². The zero-order chi connectivity index (χ0) is 13.7. The molecule has 0 atom stereocenters. The number of aryl methyl sites for hydroxylation is 1. The number of rotatable bonds is 2. The van der Waals surface area contributed by atoms with Gasteiger partial charge in [0.15, 0.2) is 0 Å². The molecule has 2 heterocycles. The van der Waals surface area contributed by atoms with Gasteiger partial charge in [-0.1, -0.05) is 19.1 Å². The molecule has 0 bridgehead atoms. The molecule has 0 aliphatic carbocycles. The number of hydrogen-bond acceptors (Lipinski definition) is 4. The van der Waals surface area contributed by atoms with Crippen molar-refractivity contribution in [3.63, 3.8) is 0 Å². The Hall–Kier alpha value is -0.875. The van der Waals surface area contributed by atoms with Gasteiger partial charge in [-0.3, -0.25) is 4.68 Å². The molecule has 1 aliphatic heterocycles. The zero-order valence-corrected chi connectivity index (χ0v) is 12.3. The van der Waals surface area contributed by atoms with Gasteiger partial charge in [0.25, 0.3) is 0 Å². The standard InChI is InChI=1S/C12H22BN3O2/c1-8(2)9-10(16(7)15-14-9)13-17-11(3,4)12(5,6)18-13/h8H,1-7H3. The number of aromatic nitrogens is 3. The monoisotopic (exact) mass is 251 g/mol. The summed E-state index contributed by atoms with van der Waals surface area (Å²) in [4.78, 5) is 0. The van der Waals surface area contributed by atoms with Crippen LogP contribution in [0.25, 0.3) is 0 Å². The van der Waals surface area contributed by atoms with Gasteiger partial charge >= 0.3 is 7.12 Å². The van der Waals surface area contributed by atoms with Crippen LogP contribution in [0.4, 0.5) is 0 Å². The molecule has 0 spiro atoms. The molecule has 1 aromatic rings. The lowest BCUT2D eigenvalue weighted by atomic mass is 9.80. The second-order valence-corrected chi connectivity index (χ2v) is 6.23. The summed E-state index contributed by atoms with van der Waals surface area (Å²) in [6.45, 7) is 12.4. The lowest BCUT2D eigenvalue weighted by Gasteiger charge is -2.32. The maximum Gasteiger partial charge on any atom is 0.516 e. The molecule has 1 aromatic heterocycles. The molecule has 100 valence electrons. The number of hydrogen-bond donors (Lipinski definition) is 0. The summed E-state index contributed by atoms with van der Waals surface area (Å²) in [7, 11) is 1.48. The molecule has 0 aromatic carbocycles. The third-order valence-corrected chi connectivity index (χ3v) is 3.92. The van der Waals surface area contributed by atoms with Crippen molar-refractivity contribution in [3.8, 4) is 0 Å². The van der Waals surface area contributed by atoms with Crippen LogP contribution >= 0.6 is 0 Å². The van der Waals surface area contributed by atoms with Crippen molar-refractivity contribution < 1.29 is 9.31 Å². The Morgan fingerprint density at radius 2 is 1.61 bits per heavy atom. The van der Waals surface area contributed by atoms with E-state index in [0.29, 0.717) is 5.92 Å². The van der Waals surface area contributed by atoms with E-state index >= 15 is 0 Å². The Bertz CT molecular complexity index is 438. The Morgan fingerprint density at radius 3 is 2.06 bits per heavy atom. The van der Waals surface area contributed by atoms with E-state index in [-0.39, 0.29) is 11.2 Å². The minimum Gasteiger partial charge on any atom is -0.398 e. The second-order valence-electron chi connectivity index (χ2n) is 6.23. The third-order valence-electron chi connectivity index (χ3n) is 3.92. The van der Waals surface area contributed by atoms with Gasteiger partial charge in [-0.15, -0.1) is 5.10 Å². The van der Waals surface area contributed by atoms with E-state index in [0.717, 1.165) is 11.3 Å². The topological polar surface area (TPSA) is 49.2 Å². The lowest BCUT2D eigenvalue weighted by Crippen LogP contribution is -2.41. The fourth-order valence-corrected chi connectivity index (χ4v) is 2.02. The highest BCUT2D eigenvalue weighted by Crippen LogP contribution is 2.36. The first kappa shape index (κ1) is 13.6. The van der Waals surface area contributed by atoms with Gasteiger partial charge in [0.05, 0.1) is 22.5 Å². The molecule has 1 saturated heterocycles. The predicted molar refractivity (Wildman–Crippen MR) is 70.8 cm³/mol. The van der Waals surface area contributed by atoms with E-state index in [4.69, 9.17) is 9.31 Å². The molecule has 18 heavy (non-hydrogen) atoms. The zero-order valence-electron chi connectivity index (χ0n) is 12.3. The van der Waals surface area contributed by atoms with Crippen molar-refractivity contribution in [1.82, 2.24) is 15.0 Å². The van der Waals surface area contributed by atoms with Crippen LogP contribution in [0, 0.1) is 0 Å². The van der Waals surface area contributed by atoms with Crippen molar-refractivity contribution >= 4 is 12.7 Å². The molecule has 0 amide bonds. The average Bonchev–Trinajstić information content (AvgIpc) is 2.66. The van der Waals surface area contributed by atoms with Gasteiger partial charge in [0.1, 0.15) is 0 Å². The lowest BCUT2D eigenvalue weighted by molar-refractivity contribution is 0.00578. The summed E-state index contributed by atoms with van der Waals surface area (Å²) >= 11 is 0. The molecule has 1 aliphatic rings. The molecular weight excluding hydrogens is 229 g/mol. The van der Waals surface area contributed by atoms with Crippen LogP contribution < -0.4 is 5.59 Å². The maximum atomic E-state index is 6.06. The van der Waals surface area contributed by atoms with E-state index in [1.165, 1.54) is 0 Å². The minimum absolute atomic E-state index is 0.299. The Morgan fingerprint density at radius 1 is 1.11 bits per heavy atom. The van der Waals surface area contributed by atoms with Crippen LogP contribution in [0.2, 0.25) is 0 Å². The Labute approximate surface area is 109 Å².